The second-order valence-electron chi connectivity index (χ2n) is 11.9. The van der Waals surface area contributed by atoms with Gasteiger partial charge < -0.3 is 4.90 Å². The number of rotatable bonds is 6. The molecule has 0 radical (unpaired) electrons. The van der Waals surface area contributed by atoms with E-state index in [0.717, 1.165) is 23.6 Å². The Balaban J connectivity index is 1.25. The number of benzene rings is 6. The monoisotopic (exact) mass is 589 g/mol. The summed E-state index contributed by atoms with van der Waals surface area (Å²) in [5.41, 5.74) is 9.92. The van der Waals surface area contributed by atoms with Gasteiger partial charge in [0.15, 0.2) is 0 Å². The summed E-state index contributed by atoms with van der Waals surface area (Å²) in [4.78, 5) is 9.60. The largest absolute Gasteiger partial charge is 0.330 e. The summed E-state index contributed by atoms with van der Waals surface area (Å²) >= 11 is 0. The Bertz CT molecular complexity index is 2240. The van der Waals surface area contributed by atoms with E-state index in [4.69, 9.17) is 4.98 Å². The van der Waals surface area contributed by atoms with Crippen molar-refractivity contribution >= 4 is 61.8 Å². The number of para-hydroxylation sites is 2. The molecule has 0 N–H and O–H groups in total. The number of hydrogen-bond donors (Lipinski definition) is 0. The molecule has 0 bridgehead atoms. The average Bonchev–Trinajstić information content (AvgIpc) is 3.13. The molecular weight excluding hydrogens is 558 g/mol. The van der Waals surface area contributed by atoms with Gasteiger partial charge in [0, 0.05) is 34.0 Å². The van der Waals surface area contributed by atoms with Gasteiger partial charge in [0.1, 0.15) is 5.82 Å². The van der Waals surface area contributed by atoms with Crippen LogP contribution in [0.5, 0.6) is 0 Å². The molecule has 0 saturated heterocycles. The summed E-state index contributed by atoms with van der Waals surface area (Å²) in [6.07, 6.45) is 9.93. The highest BCUT2D eigenvalue weighted by molar-refractivity contribution is 6.11. The van der Waals surface area contributed by atoms with Crippen LogP contribution in [-0.4, -0.2) is 11.0 Å². The number of nitrogens with zero attached hydrogens (tertiary/aromatic N) is 3. The van der Waals surface area contributed by atoms with E-state index in [-0.39, 0.29) is 6.04 Å². The zero-order chi connectivity index (χ0) is 30.5. The van der Waals surface area contributed by atoms with Crippen LogP contribution in [0, 0.1) is 0 Å². The Labute approximate surface area is 269 Å². The standard InChI is InChI=1S/C43H31N3/c1-3-14-33(15-4-1)45(38-19-11-13-30-12-7-8-18-35(30)38)39-27-23-31-22-26-37-40(28-24-32-21-25-36(39)42(31)43(32)37)46(34-16-5-2-6-17-34)41-20-9-10-29-44-41/h1-20,22-29,39H,21H2. The lowest BCUT2D eigenvalue weighted by molar-refractivity contribution is 0.955. The van der Waals surface area contributed by atoms with Gasteiger partial charge in [-0.2, -0.15) is 0 Å². The van der Waals surface area contributed by atoms with Crippen molar-refractivity contribution in [3.05, 3.63) is 181 Å². The fraction of sp³-hybridized carbons (Fsp3) is 0.0465. The van der Waals surface area contributed by atoms with Crippen LogP contribution in [0.4, 0.5) is 28.6 Å². The molecule has 3 nitrogen and oxygen atoms in total. The van der Waals surface area contributed by atoms with Crippen molar-refractivity contribution in [1.29, 1.82) is 0 Å². The third-order valence-corrected chi connectivity index (χ3v) is 9.36. The molecule has 1 unspecified atom stereocenters. The summed E-state index contributed by atoms with van der Waals surface area (Å²) in [6.45, 7) is 0. The fourth-order valence-corrected chi connectivity index (χ4v) is 7.36. The van der Waals surface area contributed by atoms with Crippen molar-refractivity contribution < 1.29 is 0 Å². The Morgan fingerprint density at radius 1 is 0.587 bits per heavy atom. The maximum atomic E-state index is 4.80. The Hall–Kier alpha value is -5.93. The lowest BCUT2D eigenvalue weighted by Crippen LogP contribution is -2.33. The van der Waals surface area contributed by atoms with Gasteiger partial charge in [0.25, 0.3) is 0 Å². The summed E-state index contributed by atoms with van der Waals surface area (Å²) in [6, 6.07) is 52.1. The molecule has 0 amide bonds. The van der Waals surface area contributed by atoms with Gasteiger partial charge in [-0.05, 0) is 88.0 Å². The quantitative estimate of drug-likeness (QED) is 0.192. The van der Waals surface area contributed by atoms with Crippen LogP contribution in [0.1, 0.15) is 16.7 Å². The van der Waals surface area contributed by atoms with E-state index in [2.05, 4.69) is 168 Å². The minimum Gasteiger partial charge on any atom is -0.330 e. The topological polar surface area (TPSA) is 19.4 Å². The molecule has 1 atom stereocenters. The van der Waals surface area contributed by atoms with Crippen LogP contribution in [-0.2, 0) is 6.42 Å². The first-order valence-corrected chi connectivity index (χ1v) is 15.9. The van der Waals surface area contributed by atoms with Crippen LogP contribution >= 0.6 is 0 Å². The lowest BCUT2D eigenvalue weighted by atomic mass is 9.78. The minimum absolute atomic E-state index is 0.0316. The van der Waals surface area contributed by atoms with Crippen LogP contribution in [0.3, 0.4) is 0 Å². The van der Waals surface area contributed by atoms with E-state index in [0.29, 0.717) is 0 Å². The predicted molar refractivity (Wildman–Crippen MR) is 193 cm³/mol. The molecule has 3 heteroatoms. The van der Waals surface area contributed by atoms with Crippen molar-refractivity contribution in [2.24, 2.45) is 0 Å². The smallest absolute Gasteiger partial charge is 0.137 e. The normalized spacial score (nSPS) is 14.7. The molecule has 2 aliphatic carbocycles. The average molecular weight is 590 g/mol. The maximum Gasteiger partial charge on any atom is 0.137 e. The highest BCUT2D eigenvalue weighted by Crippen LogP contribution is 2.48. The fourth-order valence-electron chi connectivity index (χ4n) is 7.36. The molecule has 7 aromatic rings. The lowest BCUT2D eigenvalue weighted by Gasteiger charge is -2.39. The Morgan fingerprint density at radius 3 is 2.17 bits per heavy atom. The SMILES string of the molecule is C1=CC(N(c2ccccc2)c2cccc3ccccc23)C2=CCc3ccc(N(c4ccccc4)c4ccccn4)c4ccc1c2c34. The molecule has 6 aromatic carbocycles. The number of fused-ring (bicyclic) bond motifs is 1. The maximum absolute atomic E-state index is 4.80. The third kappa shape index (κ3) is 4.24. The number of allylic oxidation sites excluding steroid dienone is 1. The summed E-state index contributed by atoms with van der Waals surface area (Å²) in [7, 11) is 0. The summed E-state index contributed by atoms with van der Waals surface area (Å²) in [5.74, 6) is 0.900. The molecule has 0 saturated carbocycles. The molecule has 0 fully saturated rings. The highest BCUT2D eigenvalue weighted by Gasteiger charge is 2.32. The van der Waals surface area contributed by atoms with E-state index in [9.17, 15) is 0 Å². The predicted octanol–water partition coefficient (Wildman–Crippen LogP) is 11.0. The van der Waals surface area contributed by atoms with E-state index in [1.54, 1.807) is 0 Å². The number of aromatic nitrogens is 1. The zero-order valence-corrected chi connectivity index (χ0v) is 25.3. The van der Waals surface area contributed by atoms with Crippen molar-refractivity contribution in [1.82, 2.24) is 4.98 Å². The molecule has 0 spiro atoms. The van der Waals surface area contributed by atoms with Crippen molar-refractivity contribution in [2.75, 3.05) is 9.80 Å². The number of hydrogen-bond acceptors (Lipinski definition) is 3. The molecular formula is C43H31N3. The first kappa shape index (κ1) is 26.5. The van der Waals surface area contributed by atoms with Crippen LogP contribution in [0.15, 0.2) is 164 Å². The van der Waals surface area contributed by atoms with Gasteiger partial charge in [-0.1, -0.05) is 115 Å². The van der Waals surface area contributed by atoms with Crippen LogP contribution < -0.4 is 9.80 Å². The van der Waals surface area contributed by atoms with E-state index < -0.39 is 0 Å². The summed E-state index contributed by atoms with van der Waals surface area (Å²) < 4.78 is 0. The first-order chi connectivity index (χ1) is 22.8. The van der Waals surface area contributed by atoms with Gasteiger partial charge in [0.2, 0.25) is 0 Å². The van der Waals surface area contributed by atoms with Crippen LogP contribution in [0.2, 0.25) is 0 Å². The van der Waals surface area contributed by atoms with E-state index in [1.807, 2.05) is 12.3 Å². The molecule has 1 aromatic heterocycles. The van der Waals surface area contributed by atoms with E-state index >= 15 is 0 Å². The van der Waals surface area contributed by atoms with Crippen molar-refractivity contribution in [3.8, 4) is 0 Å². The van der Waals surface area contributed by atoms with Crippen molar-refractivity contribution in [2.45, 2.75) is 12.5 Å². The molecule has 2 aliphatic rings. The van der Waals surface area contributed by atoms with Gasteiger partial charge in [-0.15, -0.1) is 0 Å². The minimum atomic E-state index is 0.0316. The number of anilines is 5. The second-order valence-corrected chi connectivity index (χ2v) is 11.9. The second kappa shape index (κ2) is 10.9. The first-order valence-electron chi connectivity index (χ1n) is 15.9. The van der Waals surface area contributed by atoms with Gasteiger partial charge in [0.05, 0.1) is 11.7 Å². The summed E-state index contributed by atoms with van der Waals surface area (Å²) in [5, 5.41) is 5.07. The van der Waals surface area contributed by atoms with Crippen molar-refractivity contribution in [3.63, 3.8) is 0 Å². The number of pyridine rings is 1. The third-order valence-electron chi connectivity index (χ3n) is 9.36. The van der Waals surface area contributed by atoms with E-state index in [1.165, 1.54) is 55.2 Å². The van der Waals surface area contributed by atoms with Crippen LogP contribution in [0.25, 0.3) is 33.2 Å². The highest BCUT2D eigenvalue weighted by atomic mass is 15.2. The molecule has 9 rings (SSSR count). The zero-order valence-electron chi connectivity index (χ0n) is 25.3. The molecule has 46 heavy (non-hydrogen) atoms. The van der Waals surface area contributed by atoms with Gasteiger partial charge >= 0.3 is 0 Å². The Kier molecular flexibility index (Phi) is 6.27. The Morgan fingerprint density at radius 2 is 1.35 bits per heavy atom. The van der Waals surface area contributed by atoms with Gasteiger partial charge in [-0.3, -0.25) is 4.90 Å². The molecule has 1 heterocycles. The van der Waals surface area contributed by atoms with Gasteiger partial charge in [-0.25, -0.2) is 4.98 Å². The molecule has 218 valence electrons. The molecule has 0 aliphatic heterocycles.